The summed E-state index contributed by atoms with van der Waals surface area (Å²) in [5.74, 6) is 0. The Hall–Kier alpha value is -2.03. The predicted molar refractivity (Wildman–Crippen MR) is 63.1 cm³/mol. The molecule has 0 saturated carbocycles. The summed E-state index contributed by atoms with van der Waals surface area (Å²) in [6.45, 7) is 2.04. The van der Waals surface area contributed by atoms with E-state index in [0.717, 1.165) is 17.1 Å². The first-order valence-electron chi connectivity index (χ1n) is 4.79. The van der Waals surface area contributed by atoms with Crippen molar-refractivity contribution in [3.8, 4) is 0 Å². The predicted octanol–water partition coefficient (Wildman–Crippen LogP) is 2.72. The van der Waals surface area contributed by atoms with Gasteiger partial charge in [-0.1, -0.05) is 0 Å². The molecule has 0 spiro atoms. The Balaban J connectivity index is 2.22. The van der Waals surface area contributed by atoms with E-state index in [1.54, 1.807) is 6.20 Å². The van der Waals surface area contributed by atoms with Gasteiger partial charge in [0, 0.05) is 17.6 Å². The van der Waals surface area contributed by atoms with E-state index in [0.29, 0.717) is 0 Å². The van der Waals surface area contributed by atoms with Crippen molar-refractivity contribution in [1.82, 2.24) is 4.98 Å². The average molecular weight is 199 g/mol. The topological polar surface area (TPSA) is 50.9 Å². The quantitative estimate of drug-likeness (QED) is 0.731. The lowest BCUT2D eigenvalue weighted by atomic mass is 10.2. The Bertz CT molecular complexity index is 449. The van der Waals surface area contributed by atoms with Crippen LogP contribution in [0.5, 0.6) is 0 Å². The van der Waals surface area contributed by atoms with Gasteiger partial charge in [0.1, 0.15) is 0 Å². The average Bonchev–Trinajstić information content (AvgIpc) is 2.25. The van der Waals surface area contributed by atoms with E-state index in [4.69, 9.17) is 5.73 Å². The van der Waals surface area contributed by atoms with Crippen LogP contribution in [0.4, 0.5) is 17.1 Å². The molecule has 0 aliphatic rings. The van der Waals surface area contributed by atoms with E-state index in [2.05, 4.69) is 10.3 Å². The van der Waals surface area contributed by atoms with Crippen molar-refractivity contribution in [2.24, 2.45) is 0 Å². The Labute approximate surface area is 89.0 Å². The lowest BCUT2D eigenvalue weighted by Gasteiger charge is -2.08. The monoisotopic (exact) mass is 199 g/mol. The SMILES string of the molecule is Cc1ccncc1Nc1ccc(N)cc1. The molecule has 0 aliphatic heterocycles. The molecule has 1 aromatic carbocycles. The number of benzene rings is 1. The molecule has 0 saturated heterocycles. The van der Waals surface area contributed by atoms with Crippen molar-refractivity contribution in [2.45, 2.75) is 6.92 Å². The summed E-state index contributed by atoms with van der Waals surface area (Å²) < 4.78 is 0. The number of nitrogen functional groups attached to an aromatic ring is 1. The summed E-state index contributed by atoms with van der Waals surface area (Å²) in [7, 11) is 0. The van der Waals surface area contributed by atoms with Crippen LogP contribution in [0.1, 0.15) is 5.56 Å². The molecule has 3 heteroatoms. The van der Waals surface area contributed by atoms with E-state index in [1.807, 2.05) is 43.5 Å². The third kappa shape index (κ3) is 2.26. The molecule has 0 bridgehead atoms. The fourth-order valence-electron chi connectivity index (χ4n) is 1.32. The number of aryl methyl sites for hydroxylation is 1. The van der Waals surface area contributed by atoms with Gasteiger partial charge in [0.25, 0.3) is 0 Å². The van der Waals surface area contributed by atoms with Crippen molar-refractivity contribution >= 4 is 17.1 Å². The minimum atomic E-state index is 0.767. The fraction of sp³-hybridized carbons (Fsp3) is 0.0833. The largest absolute Gasteiger partial charge is 0.399 e. The minimum absolute atomic E-state index is 0.767. The number of nitrogens with one attached hydrogen (secondary N) is 1. The van der Waals surface area contributed by atoms with Crippen LogP contribution in [0.3, 0.4) is 0 Å². The summed E-state index contributed by atoms with van der Waals surface area (Å²) in [5.41, 5.74) is 9.58. The molecule has 76 valence electrons. The summed E-state index contributed by atoms with van der Waals surface area (Å²) in [4.78, 5) is 4.07. The van der Waals surface area contributed by atoms with Gasteiger partial charge in [-0.25, -0.2) is 0 Å². The van der Waals surface area contributed by atoms with Crippen LogP contribution < -0.4 is 11.1 Å². The van der Waals surface area contributed by atoms with Crippen LogP contribution in [-0.2, 0) is 0 Å². The number of nitrogens with two attached hydrogens (primary N) is 1. The molecule has 2 aromatic rings. The molecule has 0 fully saturated rings. The highest BCUT2D eigenvalue weighted by Crippen LogP contribution is 2.19. The zero-order chi connectivity index (χ0) is 10.7. The number of pyridine rings is 1. The number of anilines is 3. The van der Waals surface area contributed by atoms with Gasteiger partial charge in [-0.05, 0) is 42.8 Å². The summed E-state index contributed by atoms with van der Waals surface area (Å²) in [6, 6.07) is 9.60. The molecule has 3 N–H and O–H groups in total. The molecule has 0 aliphatic carbocycles. The van der Waals surface area contributed by atoms with Crippen LogP contribution in [0.25, 0.3) is 0 Å². The van der Waals surface area contributed by atoms with E-state index in [1.165, 1.54) is 5.56 Å². The fourth-order valence-corrected chi connectivity index (χ4v) is 1.32. The van der Waals surface area contributed by atoms with Crippen molar-refractivity contribution in [1.29, 1.82) is 0 Å². The third-order valence-corrected chi connectivity index (χ3v) is 2.23. The van der Waals surface area contributed by atoms with Gasteiger partial charge < -0.3 is 11.1 Å². The second-order valence-corrected chi connectivity index (χ2v) is 3.44. The highest BCUT2D eigenvalue weighted by molar-refractivity contribution is 5.63. The second kappa shape index (κ2) is 4.00. The molecule has 1 heterocycles. The standard InChI is InChI=1S/C12H13N3/c1-9-6-7-14-8-12(9)15-11-4-2-10(13)3-5-11/h2-8,15H,13H2,1H3. The molecular weight excluding hydrogens is 186 g/mol. The highest BCUT2D eigenvalue weighted by Gasteiger charge is 1.97. The van der Waals surface area contributed by atoms with Gasteiger partial charge in [0.05, 0.1) is 11.9 Å². The van der Waals surface area contributed by atoms with E-state index in [9.17, 15) is 0 Å². The van der Waals surface area contributed by atoms with Gasteiger partial charge >= 0.3 is 0 Å². The maximum absolute atomic E-state index is 5.61. The van der Waals surface area contributed by atoms with E-state index >= 15 is 0 Å². The zero-order valence-corrected chi connectivity index (χ0v) is 8.57. The van der Waals surface area contributed by atoms with Crippen LogP contribution in [0.15, 0.2) is 42.7 Å². The summed E-state index contributed by atoms with van der Waals surface area (Å²) >= 11 is 0. The van der Waals surface area contributed by atoms with Crippen LogP contribution >= 0.6 is 0 Å². The first-order valence-corrected chi connectivity index (χ1v) is 4.79. The van der Waals surface area contributed by atoms with E-state index < -0.39 is 0 Å². The van der Waals surface area contributed by atoms with Crippen LogP contribution in [0, 0.1) is 6.92 Å². The maximum atomic E-state index is 5.61. The first-order chi connectivity index (χ1) is 7.25. The zero-order valence-electron chi connectivity index (χ0n) is 8.57. The van der Waals surface area contributed by atoms with Crippen molar-refractivity contribution in [3.63, 3.8) is 0 Å². The lowest BCUT2D eigenvalue weighted by Crippen LogP contribution is -1.94. The van der Waals surface area contributed by atoms with Gasteiger partial charge in [0.2, 0.25) is 0 Å². The Morgan fingerprint density at radius 3 is 2.53 bits per heavy atom. The third-order valence-electron chi connectivity index (χ3n) is 2.23. The van der Waals surface area contributed by atoms with E-state index in [-0.39, 0.29) is 0 Å². The summed E-state index contributed by atoms with van der Waals surface area (Å²) in [6.07, 6.45) is 3.59. The highest BCUT2D eigenvalue weighted by atomic mass is 14.9. The van der Waals surface area contributed by atoms with Crippen molar-refractivity contribution in [3.05, 3.63) is 48.3 Å². The molecule has 2 rings (SSSR count). The Kier molecular flexibility index (Phi) is 2.54. The van der Waals surface area contributed by atoms with Crippen LogP contribution in [0.2, 0.25) is 0 Å². The summed E-state index contributed by atoms with van der Waals surface area (Å²) in [5, 5.41) is 3.28. The second-order valence-electron chi connectivity index (χ2n) is 3.44. The minimum Gasteiger partial charge on any atom is -0.399 e. The van der Waals surface area contributed by atoms with Crippen LogP contribution in [-0.4, -0.2) is 4.98 Å². The number of hydrogen-bond acceptors (Lipinski definition) is 3. The Morgan fingerprint density at radius 1 is 1.13 bits per heavy atom. The maximum Gasteiger partial charge on any atom is 0.0600 e. The number of rotatable bonds is 2. The molecule has 0 amide bonds. The molecule has 3 nitrogen and oxygen atoms in total. The molecule has 0 radical (unpaired) electrons. The molecule has 15 heavy (non-hydrogen) atoms. The number of aromatic nitrogens is 1. The van der Waals surface area contributed by atoms with Gasteiger partial charge in [-0.3, -0.25) is 4.98 Å². The van der Waals surface area contributed by atoms with Crippen molar-refractivity contribution in [2.75, 3.05) is 11.1 Å². The molecular formula is C12H13N3. The van der Waals surface area contributed by atoms with Crippen molar-refractivity contribution < 1.29 is 0 Å². The molecule has 0 unspecified atom stereocenters. The lowest BCUT2D eigenvalue weighted by molar-refractivity contribution is 1.28. The molecule has 0 atom stereocenters. The smallest absolute Gasteiger partial charge is 0.0600 e. The Morgan fingerprint density at radius 2 is 1.87 bits per heavy atom. The normalized spacial score (nSPS) is 9.93. The van der Waals surface area contributed by atoms with Gasteiger partial charge in [-0.15, -0.1) is 0 Å². The first kappa shape index (κ1) is 9.52. The molecule has 1 aromatic heterocycles. The van der Waals surface area contributed by atoms with Gasteiger partial charge in [-0.2, -0.15) is 0 Å². The number of nitrogens with zero attached hydrogens (tertiary/aromatic N) is 1. The number of hydrogen-bond donors (Lipinski definition) is 2. The van der Waals surface area contributed by atoms with Gasteiger partial charge in [0.15, 0.2) is 0 Å².